The molecule has 1 aliphatic heterocycles. The SMILES string of the molecule is CC1(C(=O)NC2CCC(O)CC2)CCCS1. The zero-order valence-corrected chi connectivity index (χ0v) is 10.7. The van der Waals surface area contributed by atoms with Gasteiger partial charge in [0.1, 0.15) is 0 Å². The van der Waals surface area contributed by atoms with Gasteiger partial charge in [-0.15, -0.1) is 11.8 Å². The lowest BCUT2D eigenvalue weighted by Crippen LogP contribution is -2.47. The molecule has 0 bridgehead atoms. The van der Waals surface area contributed by atoms with Gasteiger partial charge in [-0.25, -0.2) is 0 Å². The predicted molar refractivity (Wildman–Crippen MR) is 66.5 cm³/mol. The van der Waals surface area contributed by atoms with E-state index in [1.165, 1.54) is 0 Å². The molecule has 0 aromatic rings. The molecular weight excluding hydrogens is 222 g/mol. The average molecular weight is 243 g/mol. The number of amides is 1. The van der Waals surface area contributed by atoms with Gasteiger partial charge in [0.25, 0.3) is 0 Å². The largest absolute Gasteiger partial charge is 0.393 e. The highest BCUT2D eigenvalue weighted by atomic mass is 32.2. The summed E-state index contributed by atoms with van der Waals surface area (Å²) in [6, 6.07) is 0.286. The Morgan fingerprint density at radius 1 is 1.38 bits per heavy atom. The summed E-state index contributed by atoms with van der Waals surface area (Å²) in [6.45, 7) is 2.05. The molecule has 0 radical (unpaired) electrons. The minimum absolute atomic E-state index is 0.149. The smallest absolute Gasteiger partial charge is 0.236 e. The Kier molecular flexibility index (Phi) is 3.80. The Hall–Kier alpha value is -0.220. The van der Waals surface area contributed by atoms with E-state index in [-0.39, 0.29) is 22.8 Å². The maximum atomic E-state index is 12.1. The number of carbonyl (C=O) groups is 1. The molecule has 1 saturated heterocycles. The normalized spacial score (nSPS) is 39.6. The van der Waals surface area contributed by atoms with Gasteiger partial charge in [-0.1, -0.05) is 0 Å². The van der Waals surface area contributed by atoms with E-state index in [9.17, 15) is 9.90 Å². The fourth-order valence-electron chi connectivity index (χ4n) is 2.52. The number of hydrogen-bond acceptors (Lipinski definition) is 3. The van der Waals surface area contributed by atoms with E-state index in [0.29, 0.717) is 0 Å². The van der Waals surface area contributed by atoms with Gasteiger partial charge in [-0.3, -0.25) is 4.79 Å². The first-order valence-corrected chi connectivity index (χ1v) is 7.22. The Bertz CT molecular complexity index is 256. The Balaban J connectivity index is 1.83. The van der Waals surface area contributed by atoms with Crippen molar-refractivity contribution in [3.8, 4) is 0 Å². The van der Waals surface area contributed by atoms with Crippen molar-refractivity contribution >= 4 is 17.7 Å². The van der Waals surface area contributed by atoms with Crippen LogP contribution < -0.4 is 5.32 Å². The van der Waals surface area contributed by atoms with Gasteiger partial charge in [-0.2, -0.15) is 0 Å². The van der Waals surface area contributed by atoms with Crippen LogP contribution in [0.4, 0.5) is 0 Å². The van der Waals surface area contributed by atoms with Gasteiger partial charge in [0.15, 0.2) is 0 Å². The fourth-order valence-corrected chi connectivity index (χ4v) is 3.73. The number of aliphatic hydroxyl groups excluding tert-OH is 1. The molecule has 16 heavy (non-hydrogen) atoms. The number of hydrogen-bond donors (Lipinski definition) is 2. The minimum atomic E-state index is -0.198. The maximum absolute atomic E-state index is 12.1. The summed E-state index contributed by atoms with van der Waals surface area (Å²) in [5.41, 5.74) is 0. The molecule has 1 heterocycles. The maximum Gasteiger partial charge on any atom is 0.236 e. The quantitative estimate of drug-likeness (QED) is 0.776. The van der Waals surface area contributed by atoms with Crippen LogP contribution in [-0.2, 0) is 4.79 Å². The van der Waals surface area contributed by atoms with Crippen molar-refractivity contribution in [1.82, 2.24) is 5.32 Å². The standard InChI is InChI=1S/C12H21NO2S/c1-12(7-2-8-16-12)11(15)13-9-3-5-10(14)6-4-9/h9-10,14H,2-8H2,1H3,(H,13,15). The Morgan fingerprint density at radius 2 is 2.06 bits per heavy atom. The molecule has 1 amide bonds. The van der Waals surface area contributed by atoms with Crippen LogP contribution in [-0.4, -0.2) is 33.7 Å². The van der Waals surface area contributed by atoms with Gasteiger partial charge in [-0.05, 0) is 51.2 Å². The van der Waals surface area contributed by atoms with E-state index in [1.807, 2.05) is 0 Å². The third-order valence-electron chi connectivity index (χ3n) is 3.73. The molecule has 2 N–H and O–H groups in total. The first-order valence-electron chi connectivity index (χ1n) is 6.23. The summed E-state index contributed by atoms with van der Waals surface area (Å²) < 4.78 is -0.198. The van der Waals surface area contributed by atoms with Crippen molar-refractivity contribution in [2.24, 2.45) is 0 Å². The van der Waals surface area contributed by atoms with Crippen molar-refractivity contribution in [1.29, 1.82) is 0 Å². The summed E-state index contributed by atoms with van der Waals surface area (Å²) in [5.74, 6) is 1.31. The van der Waals surface area contributed by atoms with Gasteiger partial charge in [0.05, 0.1) is 10.9 Å². The number of rotatable bonds is 2. The third-order valence-corrected chi connectivity index (χ3v) is 5.25. The summed E-state index contributed by atoms with van der Waals surface area (Å²) in [5, 5.41) is 12.6. The molecule has 2 rings (SSSR count). The van der Waals surface area contributed by atoms with Gasteiger partial charge < -0.3 is 10.4 Å². The van der Waals surface area contributed by atoms with Gasteiger partial charge in [0.2, 0.25) is 5.91 Å². The van der Waals surface area contributed by atoms with E-state index in [0.717, 1.165) is 44.3 Å². The zero-order chi connectivity index (χ0) is 11.6. The van der Waals surface area contributed by atoms with Crippen LogP contribution in [0.2, 0.25) is 0 Å². The minimum Gasteiger partial charge on any atom is -0.393 e. The highest BCUT2D eigenvalue weighted by molar-refractivity contribution is 8.01. The number of aliphatic hydroxyl groups is 1. The van der Waals surface area contributed by atoms with Crippen molar-refractivity contribution in [2.75, 3.05) is 5.75 Å². The summed E-state index contributed by atoms with van der Waals surface area (Å²) in [4.78, 5) is 12.1. The second kappa shape index (κ2) is 4.96. The molecule has 2 fully saturated rings. The first kappa shape index (κ1) is 12.2. The molecule has 1 saturated carbocycles. The fraction of sp³-hybridized carbons (Fsp3) is 0.917. The van der Waals surface area contributed by atoms with Crippen molar-refractivity contribution in [2.45, 2.75) is 62.3 Å². The van der Waals surface area contributed by atoms with Crippen LogP contribution in [0.25, 0.3) is 0 Å². The third kappa shape index (κ3) is 2.72. The zero-order valence-electron chi connectivity index (χ0n) is 9.87. The van der Waals surface area contributed by atoms with Crippen LogP contribution in [0.1, 0.15) is 45.4 Å². The van der Waals surface area contributed by atoms with Crippen LogP contribution in [0.15, 0.2) is 0 Å². The lowest BCUT2D eigenvalue weighted by atomic mass is 9.92. The van der Waals surface area contributed by atoms with Crippen LogP contribution in [0.3, 0.4) is 0 Å². The second-order valence-corrected chi connectivity index (χ2v) is 6.76. The molecule has 3 nitrogen and oxygen atoms in total. The van der Waals surface area contributed by atoms with Crippen LogP contribution in [0.5, 0.6) is 0 Å². The number of carbonyl (C=O) groups excluding carboxylic acids is 1. The molecule has 0 aromatic heterocycles. The van der Waals surface area contributed by atoms with E-state index in [1.54, 1.807) is 11.8 Å². The van der Waals surface area contributed by atoms with Gasteiger partial charge >= 0.3 is 0 Å². The van der Waals surface area contributed by atoms with E-state index in [4.69, 9.17) is 0 Å². The number of thioether (sulfide) groups is 1. The highest BCUT2D eigenvalue weighted by Crippen LogP contribution is 2.38. The predicted octanol–water partition coefficient (Wildman–Crippen LogP) is 1.69. The van der Waals surface area contributed by atoms with Crippen LogP contribution in [0, 0.1) is 0 Å². The lowest BCUT2D eigenvalue weighted by Gasteiger charge is -2.30. The van der Waals surface area contributed by atoms with Crippen molar-refractivity contribution < 1.29 is 9.90 Å². The topological polar surface area (TPSA) is 49.3 Å². The van der Waals surface area contributed by atoms with Crippen LogP contribution >= 0.6 is 11.8 Å². The van der Waals surface area contributed by atoms with Gasteiger partial charge in [0, 0.05) is 6.04 Å². The first-order chi connectivity index (χ1) is 7.60. The molecule has 0 spiro atoms. The second-order valence-electron chi connectivity index (χ2n) is 5.16. The van der Waals surface area contributed by atoms with Crippen molar-refractivity contribution in [3.63, 3.8) is 0 Å². The summed E-state index contributed by atoms with van der Waals surface area (Å²) in [7, 11) is 0. The molecule has 4 heteroatoms. The van der Waals surface area contributed by atoms with E-state index < -0.39 is 0 Å². The molecular formula is C12H21NO2S. The van der Waals surface area contributed by atoms with Crippen molar-refractivity contribution in [3.05, 3.63) is 0 Å². The molecule has 0 aromatic carbocycles. The summed E-state index contributed by atoms with van der Waals surface area (Å²) >= 11 is 1.78. The molecule has 1 aliphatic carbocycles. The highest BCUT2D eigenvalue weighted by Gasteiger charge is 2.38. The van der Waals surface area contributed by atoms with E-state index >= 15 is 0 Å². The average Bonchev–Trinajstić information content (AvgIpc) is 2.70. The number of nitrogens with one attached hydrogen (secondary N) is 1. The van der Waals surface area contributed by atoms with E-state index in [2.05, 4.69) is 12.2 Å². The monoisotopic (exact) mass is 243 g/mol. The molecule has 1 atom stereocenters. The Labute approximate surface area is 101 Å². The summed E-state index contributed by atoms with van der Waals surface area (Å²) in [6.07, 6.45) is 5.51. The Morgan fingerprint density at radius 3 is 2.62 bits per heavy atom. The molecule has 1 unspecified atom stereocenters. The molecule has 92 valence electrons. The molecule has 2 aliphatic rings. The lowest BCUT2D eigenvalue weighted by molar-refractivity contribution is -0.124.